The van der Waals surface area contributed by atoms with Crippen molar-refractivity contribution in [2.45, 2.75) is 19.9 Å². The molecule has 0 unspecified atom stereocenters. The standard InChI is InChI=1S/C19H20N2O6S2/c1-4-27-15-8-6-5-7-12(15)14(10-29(3,25)26)21-18(23)13-9-28-17(20-11(2)22)16(13)19(21)24/h5-9,14H,4,10H2,1-3H3,(H,20,22)/t14-/m0/s1. The van der Waals surface area contributed by atoms with Gasteiger partial charge >= 0.3 is 0 Å². The number of carbonyl (C=O) groups is 3. The van der Waals surface area contributed by atoms with Gasteiger partial charge in [0.25, 0.3) is 11.8 Å². The van der Waals surface area contributed by atoms with E-state index in [1.54, 1.807) is 31.2 Å². The van der Waals surface area contributed by atoms with Gasteiger partial charge in [-0.1, -0.05) is 18.2 Å². The van der Waals surface area contributed by atoms with Crippen molar-refractivity contribution in [1.82, 2.24) is 4.90 Å². The normalized spacial score (nSPS) is 14.7. The van der Waals surface area contributed by atoms with Gasteiger partial charge in [-0.15, -0.1) is 11.3 Å². The van der Waals surface area contributed by atoms with E-state index in [0.29, 0.717) is 17.9 Å². The molecule has 29 heavy (non-hydrogen) atoms. The second-order valence-electron chi connectivity index (χ2n) is 6.59. The summed E-state index contributed by atoms with van der Waals surface area (Å²) in [5.41, 5.74) is 0.662. The third-order valence-electron chi connectivity index (χ3n) is 4.31. The number of rotatable bonds is 7. The monoisotopic (exact) mass is 436 g/mol. The Morgan fingerprint density at radius 2 is 1.93 bits per heavy atom. The molecule has 1 aromatic heterocycles. The number of sulfone groups is 1. The molecule has 3 amide bonds. The van der Waals surface area contributed by atoms with Gasteiger partial charge in [0, 0.05) is 24.1 Å². The molecule has 0 saturated heterocycles. The van der Waals surface area contributed by atoms with Crippen molar-refractivity contribution < 1.29 is 27.5 Å². The molecule has 0 radical (unpaired) electrons. The van der Waals surface area contributed by atoms with Crippen LogP contribution in [0, 0.1) is 0 Å². The third-order valence-corrected chi connectivity index (χ3v) is 6.13. The molecule has 2 heterocycles. The van der Waals surface area contributed by atoms with Crippen molar-refractivity contribution in [1.29, 1.82) is 0 Å². The van der Waals surface area contributed by atoms with Crippen LogP contribution in [-0.2, 0) is 14.6 Å². The van der Waals surface area contributed by atoms with Gasteiger partial charge in [-0.05, 0) is 13.0 Å². The second-order valence-corrected chi connectivity index (χ2v) is 9.66. The molecule has 2 aromatic rings. The molecule has 1 atom stereocenters. The fourth-order valence-corrected chi connectivity index (χ4v) is 5.11. The number of hydrogen-bond acceptors (Lipinski definition) is 7. The number of para-hydroxylation sites is 1. The first-order chi connectivity index (χ1) is 13.6. The van der Waals surface area contributed by atoms with Crippen LogP contribution < -0.4 is 10.1 Å². The lowest BCUT2D eigenvalue weighted by atomic mass is 10.1. The van der Waals surface area contributed by atoms with E-state index >= 15 is 0 Å². The average molecular weight is 437 g/mol. The van der Waals surface area contributed by atoms with E-state index in [1.807, 2.05) is 0 Å². The van der Waals surface area contributed by atoms with E-state index in [1.165, 1.54) is 12.3 Å². The lowest BCUT2D eigenvalue weighted by Gasteiger charge is -2.27. The number of fused-ring (bicyclic) bond motifs is 1. The number of benzene rings is 1. The Labute approximate surface area is 172 Å². The van der Waals surface area contributed by atoms with Gasteiger partial charge in [-0.3, -0.25) is 19.3 Å². The number of carbonyl (C=O) groups excluding carboxylic acids is 3. The smallest absolute Gasteiger partial charge is 0.265 e. The zero-order valence-electron chi connectivity index (χ0n) is 16.1. The van der Waals surface area contributed by atoms with Gasteiger partial charge < -0.3 is 10.1 Å². The van der Waals surface area contributed by atoms with E-state index in [2.05, 4.69) is 5.32 Å². The Bertz CT molecular complexity index is 1090. The minimum absolute atomic E-state index is 0.0857. The van der Waals surface area contributed by atoms with Crippen molar-refractivity contribution in [3.63, 3.8) is 0 Å². The van der Waals surface area contributed by atoms with Crippen molar-refractivity contribution in [3.05, 3.63) is 46.3 Å². The largest absolute Gasteiger partial charge is 0.494 e. The van der Waals surface area contributed by atoms with Gasteiger partial charge in [0.2, 0.25) is 5.91 Å². The highest BCUT2D eigenvalue weighted by atomic mass is 32.2. The van der Waals surface area contributed by atoms with Crippen LogP contribution in [0.25, 0.3) is 0 Å². The maximum Gasteiger partial charge on any atom is 0.265 e. The third kappa shape index (κ3) is 4.18. The van der Waals surface area contributed by atoms with Gasteiger partial charge in [0.05, 0.1) is 29.5 Å². The van der Waals surface area contributed by atoms with Crippen LogP contribution in [0.15, 0.2) is 29.6 Å². The molecule has 0 spiro atoms. The number of anilines is 1. The Balaban J connectivity index is 2.10. The van der Waals surface area contributed by atoms with Crippen molar-refractivity contribution >= 4 is 43.9 Å². The fourth-order valence-electron chi connectivity index (χ4n) is 3.24. The number of amides is 3. The molecule has 1 aliphatic rings. The molecule has 1 N–H and O–H groups in total. The van der Waals surface area contributed by atoms with Crippen molar-refractivity contribution in [2.75, 3.05) is 23.9 Å². The van der Waals surface area contributed by atoms with Gasteiger partial charge in [-0.25, -0.2) is 8.42 Å². The SMILES string of the molecule is CCOc1ccccc1[C@H](CS(C)(=O)=O)N1C(=O)c2csc(NC(C)=O)c2C1=O. The first-order valence-corrected chi connectivity index (χ1v) is 11.7. The van der Waals surface area contributed by atoms with Crippen LogP contribution in [-0.4, -0.2) is 49.7 Å². The molecular formula is C19H20N2O6S2. The molecule has 3 rings (SSSR count). The topological polar surface area (TPSA) is 110 Å². The quantitative estimate of drug-likeness (QED) is 0.668. The van der Waals surface area contributed by atoms with Crippen molar-refractivity contribution in [3.8, 4) is 5.75 Å². The molecule has 8 nitrogen and oxygen atoms in total. The summed E-state index contributed by atoms with van der Waals surface area (Å²) in [5.74, 6) is -1.66. The first-order valence-electron chi connectivity index (χ1n) is 8.80. The van der Waals surface area contributed by atoms with Crippen LogP contribution in [0.4, 0.5) is 5.00 Å². The number of ether oxygens (including phenoxy) is 1. The van der Waals surface area contributed by atoms with Crippen LogP contribution in [0.3, 0.4) is 0 Å². The number of nitrogens with zero attached hydrogens (tertiary/aromatic N) is 1. The number of nitrogens with one attached hydrogen (secondary N) is 1. The highest BCUT2D eigenvalue weighted by Crippen LogP contribution is 2.41. The fraction of sp³-hybridized carbons (Fsp3) is 0.316. The zero-order valence-corrected chi connectivity index (χ0v) is 17.7. The highest BCUT2D eigenvalue weighted by Gasteiger charge is 2.45. The Hall–Kier alpha value is -2.72. The summed E-state index contributed by atoms with van der Waals surface area (Å²) in [6, 6.07) is 5.66. The van der Waals surface area contributed by atoms with Crippen molar-refractivity contribution in [2.24, 2.45) is 0 Å². The molecule has 154 valence electrons. The summed E-state index contributed by atoms with van der Waals surface area (Å²) in [5, 5.41) is 4.31. The summed E-state index contributed by atoms with van der Waals surface area (Å²) in [7, 11) is -3.56. The summed E-state index contributed by atoms with van der Waals surface area (Å²) >= 11 is 1.08. The maximum absolute atomic E-state index is 13.2. The van der Waals surface area contributed by atoms with E-state index in [-0.39, 0.29) is 22.0 Å². The molecule has 10 heteroatoms. The van der Waals surface area contributed by atoms with E-state index in [9.17, 15) is 22.8 Å². The van der Waals surface area contributed by atoms with Crippen LogP contribution in [0.5, 0.6) is 5.75 Å². The number of thiophene rings is 1. The summed E-state index contributed by atoms with van der Waals surface area (Å²) in [4.78, 5) is 38.6. The predicted octanol–water partition coefficient (Wildman–Crippen LogP) is 2.49. The summed E-state index contributed by atoms with van der Waals surface area (Å²) < 4.78 is 29.9. The lowest BCUT2D eigenvalue weighted by molar-refractivity contribution is -0.114. The highest BCUT2D eigenvalue weighted by molar-refractivity contribution is 7.90. The molecule has 1 aliphatic heterocycles. The van der Waals surface area contributed by atoms with E-state index in [4.69, 9.17) is 4.74 Å². The zero-order chi connectivity index (χ0) is 21.3. The molecule has 0 aliphatic carbocycles. The molecule has 0 fully saturated rings. The molecule has 0 bridgehead atoms. The predicted molar refractivity (Wildman–Crippen MR) is 109 cm³/mol. The second kappa shape index (κ2) is 7.96. The molecular weight excluding hydrogens is 416 g/mol. The van der Waals surface area contributed by atoms with E-state index < -0.39 is 33.4 Å². The van der Waals surface area contributed by atoms with Crippen LogP contribution in [0.1, 0.15) is 46.2 Å². The molecule has 1 aromatic carbocycles. The van der Waals surface area contributed by atoms with Gasteiger partial charge in [0.1, 0.15) is 20.6 Å². The minimum Gasteiger partial charge on any atom is -0.494 e. The van der Waals surface area contributed by atoms with Gasteiger partial charge in [0.15, 0.2) is 0 Å². The maximum atomic E-state index is 13.2. The summed E-state index contributed by atoms with van der Waals surface area (Å²) in [6.45, 7) is 3.42. The Morgan fingerprint density at radius 1 is 1.24 bits per heavy atom. The Kier molecular flexibility index (Phi) is 5.76. The number of imide groups is 1. The first kappa shape index (κ1) is 21.0. The average Bonchev–Trinajstić information content (AvgIpc) is 3.13. The molecule has 0 saturated carbocycles. The van der Waals surface area contributed by atoms with Crippen LogP contribution in [0.2, 0.25) is 0 Å². The van der Waals surface area contributed by atoms with Crippen LogP contribution >= 0.6 is 11.3 Å². The minimum atomic E-state index is -3.56. The summed E-state index contributed by atoms with van der Waals surface area (Å²) in [6.07, 6.45) is 1.05. The number of hydrogen-bond donors (Lipinski definition) is 1. The van der Waals surface area contributed by atoms with Gasteiger partial charge in [-0.2, -0.15) is 0 Å². The van der Waals surface area contributed by atoms with E-state index in [0.717, 1.165) is 22.5 Å². The Morgan fingerprint density at radius 3 is 2.55 bits per heavy atom. The lowest BCUT2D eigenvalue weighted by Crippen LogP contribution is -2.38.